The first kappa shape index (κ1) is 42.4. The largest absolute Gasteiger partial charge is 0.497 e. The van der Waals surface area contributed by atoms with E-state index in [0.717, 1.165) is 24.3 Å². The average Bonchev–Trinajstić information content (AvgIpc) is 3.19. The van der Waals surface area contributed by atoms with Crippen LogP contribution in [0.15, 0.2) is 103 Å². The fraction of sp³-hybridized carbons (Fsp3) is 0.286. The van der Waals surface area contributed by atoms with E-state index in [-0.39, 0.29) is 44.1 Å². The lowest BCUT2D eigenvalue weighted by molar-refractivity contribution is -0.142. The van der Waals surface area contributed by atoms with Crippen LogP contribution in [0, 0.1) is 0 Å². The van der Waals surface area contributed by atoms with Crippen LogP contribution in [0.4, 0.5) is 18.9 Å². The Labute approximate surface area is 331 Å². The molecule has 4 aromatic rings. The van der Waals surface area contributed by atoms with Gasteiger partial charge in [-0.05, 0) is 58.7 Å². The minimum absolute atomic E-state index is 0.0997. The summed E-state index contributed by atoms with van der Waals surface area (Å²) < 4.78 is 45.5. The van der Waals surface area contributed by atoms with Gasteiger partial charge in [0.15, 0.2) is 0 Å². The Morgan fingerprint density at radius 2 is 1.19 bits per heavy atom. The summed E-state index contributed by atoms with van der Waals surface area (Å²) in [4.78, 5) is 80.7. The number of fused-ring (bicyclic) bond motifs is 18. The number of alkyl halides is 3. The quantitative estimate of drug-likeness (QED) is 0.145. The van der Waals surface area contributed by atoms with Gasteiger partial charge in [0.25, 0.3) is 0 Å². The Bertz CT molecular complexity index is 2100. The number of nitrogens with one attached hydrogen (secondary N) is 5. The third-order valence-corrected chi connectivity index (χ3v) is 9.37. The van der Waals surface area contributed by atoms with Crippen molar-refractivity contribution in [2.45, 2.75) is 68.9 Å². The first-order valence-corrected chi connectivity index (χ1v) is 18.3. The summed E-state index contributed by atoms with van der Waals surface area (Å²) in [6.07, 6.45) is -5.94. The Balaban J connectivity index is 1.53. The summed E-state index contributed by atoms with van der Waals surface area (Å²) in [5, 5.41) is 23.1. The Morgan fingerprint density at radius 3 is 1.78 bits per heavy atom. The van der Waals surface area contributed by atoms with Crippen molar-refractivity contribution in [3.63, 3.8) is 0 Å². The van der Waals surface area contributed by atoms with Crippen LogP contribution >= 0.6 is 0 Å². The van der Waals surface area contributed by atoms with Crippen molar-refractivity contribution < 1.29 is 51.8 Å². The van der Waals surface area contributed by atoms with Crippen molar-refractivity contribution in [2.75, 3.05) is 12.4 Å². The van der Waals surface area contributed by atoms with Crippen molar-refractivity contribution in [2.24, 2.45) is 0 Å². The number of carbonyl (C=O) groups excluding carboxylic acids is 5. The molecule has 0 spiro atoms. The molecule has 13 nitrogen and oxygen atoms in total. The molecule has 0 fully saturated rings. The monoisotopic (exact) mass is 801 g/mol. The number of hydrogen-bond donors (Lipinski definition) is 6. The van der Waals surface area contributed by atoms with E-state index in [9.17, 15) is 47.0 Å². The molecule has 6 N–H and O–H groups in total. The predicted molar refractivity (Wildman–Crippen MR) is 205 cm³/mol. The Morgan fingerprint density at radius 1 is 0.655 bits per heavy atom. The molecule has 16 heteroatoms. The first-order chi connectivity index (χ1) is 27.7. The zero-order valence-electron chi connectivity index (χ0n) is 31.3. The molecule has 0 aromatic heterocycles. The predicted octanol–water partition coefficient (Wildman–Crippen LogP) is 3.74. The van der Waals surface area contributed by atoms with Crippen molar-refractivity contribution in [3.8, 4) is 5.75 Å². The van der Waals surface area contributed by atoms with Crippen LogP contribution in [0.2, 0.25) is 0 Å². The second-order valence-electron chi connectivity index (χ2n) is 13.7. The minimum atomic E-state index is -4.64. The molecule has 2 heterocycles. The number of halogens is 3. The molecule has 0 saturated heterocycles. The van der Waals surface area contributed by atoms with Gasteiger partial charge >= 0.3 is 12.1 Å². The number of anilines is 1. The van der Waals surface area contributed by atoms with Crippen LogP contribution in [0.1, 0.15) is 40.7 Å². The number of carboxylic acids is 1. The molecule has 2 aliphatic rings. The van der Waals surface area contributed by atoms with Crippen LogP contribution in [-0.2, 0) is 60.6 Å². The first-order valence-electron chi connectivity index (χ1n) is 18.3. The number of aliphatic carboxylic acids is 1. The second-order valence-corrected chi connectivity index (χ2v) is 13.7. The van der Waals surface area contributed by atoms with Gasteiger partial charge in [0.1, 0.15) is 29.9 Å². The van der Waals surface area contributed by atoms with Gasteiger partial charge in [-0.3, -0.25) is 24.0 Å². The molecular formula is C42H42F3N5O8. The lowest BCUT2D eigenvalue weighted by Gasteiger charge is -2.26. The summed E-state index contributed by atoms with van der Waals surface area (Å²) in [5.41, 5.74) is 1.32. The second kappa shape index (κ2) is 19.4. The highest BCUT2D eigenvalue weighted by atomic mass is 19.4. The van der Waals surface area contributed by atoms with Crippen LogP contribution in [0.25, 0.3) is 0 Å². The molecule has 0 saturated carbocycles. The smallest absolute Gasteiger partial charge is 0.416 e. The maximum absolute atomic E-state index is 14.2. The molecule has 4 aromatic carbocycles. The van der Waals surface area contributed by atoms with Gasteiger partial charge in [0.2, 0.25) is 29.5 Å². The number of carbonyl (C=O) groups is 6. The van der Waals surface area contributed by atoms with Gasteiger partial charge in [-0.25, -0.2) is 4.79 Å². The van der Waals surface area contributed by atoms with Gasteiger partial charge in [-0.2, -0.15) is 13.2 Å². The highest BCUT2D eigenvalue weighted by Crippen LogP contribution is 2.29. The van der Waals surface area contributed by atoms with Crippen LogP contribution in [0.3, 0.4) is 0 Å². The van der Waals surface area contributed by atoms with E-state index in [1.54, 1.807) is 78.9 Å². The number of rotatable bonds is 8. The van der Waals surface area contributed by atoms with Crippen LogP contribution in [0.5, 0.6) is 5.75 Å². The summed E-state index contributed by atoms with van der Waals surface area (Å²) >= 11 is 0. The van der Waals surface area contributed by atoms with E-state index in [1.807, 2.05) is 0 Å². The number of carboxylic acid groups (broad SMARTS) is 1. The number of ether oxygens (including phenoxy) is 1. The molecule has 0 unspecified atom stereocenters. The highest BCUT2D eigenvalue weighted by Gasteiger charge is 2.33. The molecule has 58 heavy (non-hydrogen) atoms. The molecular weight excluding hydrogens is 759 g/mol. The van der Waals surface area contributed by atoms with Gasteiger partial charge in [-0.1, -0.05) is 66.7 Å². The standard InChI is InChI=1S/C42H42F3N5O8/c1-58-31-9-5-8-28(20-31)24-32-38(53)48-34(22-26-10-14-29(15-11-26)42(43,44)45)39(54)49-33(21-25-6-3-2-4-7-25)40(55)50-35(41(56)57)23-27-12-16-30(17-13-27)46-36(51)18-19-37(52)47-32/h2-17,20,32-35H,18-19,21-24H2,1H3,(H,46,51)(H,47,52)(H,48,53)(H,49,54)(H,50,55)(H,56,57)/t32-,33-,34+,35+/m1/s1. The van der Waals surface area contributed by atoms with E-state index >= 15 is 0 Å². The number of amides is 5. The summed E-state index contributed by atoms with van der Waals surface area (Å²) in [5.74, 6) is -4.71. The molecule has 6 rings (SSSR count). The van der Waals surface area contributed by atoms with E-state index in [2.05, 4.69) is 26.6 Å². The van der Waals surface area contributed by atoms with Gasteiger partial charge in [0.05, 0.1) is 12.7 Å². The molecule has 0 radical (unpaired) electrons. The summed E-state index contributed by atoms with van der Waals surface area (Å²) in [6, 6.07) is 19.7. The maximum atomic E-state index is 14.2. The third kappa shape index (κ3) is 12.4. The number of benzene rings is 4. The van der Waals surface area contributed by atoms with Crippen molar-refractivity contribution in [3.05, 3.63) is 131 Å². The highest BCUT2D eigenvalue weighted by molar-refractivity contribution is 5.97. The lowest BCUT2D eigenvalue weighted by atomic mass is 9.99. The van der Waals surface area contributed by atoms with Crippen LogP contribution in [-0.4, -0.2) is 71.9 Å². The van der Waals surface area contributed by atoms with E-state index in [1.165, 1.54) is 7.11 Å². The fourth-order valence-corrected chi connectivity index (χ4v) is 6.27. The summed E-state index contributed by atoms with van der Waals surface area (Å²) in [7, 11) is 1.45. The SMILES string of the molecule is COc1cccc(C[C@H]2NC(=O)CCC(=O)Nc3ccc(cc3)C[C@@H](C(=O)O)NC(=O)[C@@H](Cc3ccccc3)NC(=O)[C@H](Cc3ccc(C(F)(F)F)cc3)NC2=O)c1. The van der Waals surface area contributed by atoms with Crippen molar-refractivity contribution >= 4 is 41.2 Å². The molecule has 4 atom stereocenters. The normalized spacial score (nSPS) is 20.0. The zero-order valence-corrected chi connectivity index (χ0v) is 31.3. The fourth-order valence-electron chi connectivity index (χ4n) is 6.27. The zero-order chi connectivity index (χ0) is 41.8. The van der Waals surface area contributed by atoms with Crippen LogP contribution < -0.4 is 31.3 Å². The lowest BCUT2D eigenvalue weighted by Crippen LogP contribution is -2.59. The number of hydrogen-bond acceptors (Lipinski definition) is 7. The Hall–Kier alpha value is -6.71. The molecule has 304 valence electrons. The van der Waals surface area contributed by atoms with E-state index < -0.39 is 71.4 Å². The van der Waals surface area contributed by atoms with Crippen molar-refractivity contribution in [1.29, 1.82) is 0 Å². The third-order valence-electron chi connectivity index (χ3n) is 9.37. The molecule has 5 amide bonds. The van der Waals surface area contributed by atoms with Gasteiger partial charge in [-0.15, -0.1) is 0 Å². The minimum Gasteiger partial charge on any atom is -0.497 e. The average molecular weight is 802 g/mol. The summed E-state index contributed by atoms with van der Waals surface area (Å²) in [6.45, 7) is 0. The topological polar surface area (TPSA) is 192 Å². The van der Waals surface area contributed by atoms with Crippen molar-refractivity contribution in [1.82, 2.24) is 21.3 Å². The number of methoxy groups -OCH3 is 1. The molecule has 2 aliphatic heterocycles. The van der Waals surface area contributed by atoms with Gasteiger partial charge < -0.3 is 36.4 Å². The maximum Gasteiger partial charge on any atom is 0.416 e. The Kier molecular flexibility index (Phi) is 14.2. The van der Waals surface area contributed by atoms with Gasteiger partial charge in [0, 0.05) is 44.2 Å². The van der Waals surface area contributed by atoms with E-state index in [4.69, 9.17) is 4.74 Å². The molecule has 0 aliphatic carbocycles. The molecule has 2 bridgehead atoms. The van der Waals surface area contributed by atoms with E-state index in [0.29, 0.717) is 28.1 Å².